The van der Waals surface area contributed by atoms with Gasteiger partial charge in [0, 0.05) is 117 Å². The van der Waals surface area contributed by atoms with Crippen LogP contribution in [0.4, 0.5) is 0 Å². The van der Waals surface area contributed by atoms with Crippen LogP contribution in [0.5, 0.6) is 0 Å². The fourth-order valence-electron chi connectivity index (χ4n) is 2.19. The predicted octanol–water partition coefficient (Wildman–Crippen LogP) is 5.18. The van der Waals surface area contributed by atoms with Gasteiger partial charge < -0.3 is 35.7 Å². The third-order valence-corrected chi connectivity index (χ3v) is 3.35. The molecular formula is C22H45O6Rh6-. The van der Waals surface area contributed by atoms with Crippen LogP contribution in [0.1, 0.15) is 96.8 Å². The summed E-state index contributed by atoms with van der Waals surface area (Å²) in [6.07, 6.45) is 19.8. The van der Waals surface area contributed by atoms with Crippen LogP contribution in [0.2, 0.25) is 0 Å². The second kappa shape index (κ2) is 160. The molecule has 0 bridgehead atoms. The maximum absolute atomic E-state index is 8.00. The quantitative estimate of drug-likeness (QED) is 0.143. The van der Waals surface area contributed by atoms with Crippen LogP contribution < -0.4 is 0 Å². The van der Waals surface area contributed by atoms with Gasteiger partial charge in [0.15, 0.2) is 0 Å². The van der Waals surface area contributed by atoms with E-state index in [0.717, 1.165) is 6.42 Å². The molecule has 6 nitrogen and oxygen atoms in total. The molecule has 34 heavy (non-hydrogen) atoms. The molecule has 0 aliphatic heterocycles. The van der Waals surface area contributed by atoms with E-state index in [0.29, 0.717) is 0 Å². The summed E-state index contributed by atoms with van der Waals surface area (Å²) >= 11 is 0. The van der Waals surface area contributed by atoms with Crippen LogP contribution in [-0.2, 0) is 146 Å². The van der Waals surface area contributed by atoms with Crippen molar-refractivity contribution in [2.75, 3.05) is 0 Å². The fourth-order valence-corrected chi connectivity index (χ4v) is 2.19. The fraction of sp³-hybridized carbons (Fsp3) is 0.682. The normalized spacial score (nSPS) is 5.82. The van der Waals surface area contributed by atoms with Crippen LogP contribution >= 0.6 is 0 Å². The first-order valence-electron chi connectivity index (χ1n) is 9.44. The third-order valence-electron chi connectivity index (χ3n) is 3.35. The monoisotopic (exact) mass is 1020 g/mol. The van der Waals surface area contributed by atoms with Gasteiger partial charge in [-0.25, -0.2) is 0 Å². The van der Waals surface area contributed by atoms with Crippen molar-refractivity contribution in [3.05, 3.63) is 6.92 Å². The van der Waals surface area contributed by atoms with E-state index in [2.05, 4.69) is 13.8 Å². The van der Waals surface area contributed by atoms with E-state index in [1.807, 2.05) is 40.7 Å². The van der Waals surface area contributed by atoms with Crippen molar-refractivity contribution in [2.24, 2.45) is 0 Å². The molecule has 0 unspecified atom stereocenters. The summed E-state index contributed by atoms with van der Waals surface area (Å²) in [6, 6.07) is 0. The minimum Gasteiger partial charge on any atom is -0.343 e. The maximum atomic E-state index is 8.00. The Bertz CT molecular complexity index is 187. The molecule has 0 N–H and O–H groups in total. The second-order valence-electron chi connectivity index (χ2n) is 5.10. The largest absolute Gasteiger partial charge is 0.343 e. The van der Waals surface area contributed by atoms with Gasteiger partial charge in [-0.05, 0) is 0 Å². The van der Waals surface area contributed by atoms with E-state index >= 15 is 0 Å². The van der Waals surface area contributed by atoms with Crippen molar-refractivity contribution in [1.29, 1.82) is 0 Å². The summed E-state index contributed by atoms with van der Waals surface area (Å²) < 4.78 is 0. The Morgan fingerprint density at radius 3 is 0.647 bits per heavy atom. The molecule has 12 heteroatoms. The Labute approximate surface area is 287 Å². The molecule has 0 aromatic heterocycles. The van der Waals surface area contributed by atoms with E-state index in [9.17, 15) is 0 Å². The summed E-state index contributed by atoms with van der Waals surface area (Å²) in [6.45, 7) is 18.2. The second-order valence-corrected chi connectivity index (χ2v) is 5.10. The molecule has 0 aromatic rings. The first-order valence-corrected chi connectivity index (χ1v) is 9.44. The summed E-state index contributed by atoms with van der Waals surface area (Å²) in [5.74, 6) is 0. The van der Waals surface area contributed by atoms with Gasteiger partial charge in [0.05, 0.1) is 0 Å². The first-order chi connectivity index (χ1) is 13.9. The summed E-state index contributed by atoms with van der Waals surface area (Å²) in [7, 11) is 0. The number of unbranched alkanes of at least 4 members (excludes halogenated alkanes) is 13. The molecule has 6 radical (unpaired) electrons. The minimum atomic E-state index is 0. The van der Waals surface area contributed by atoms with Gasteiger partial charge in [-0.1, -0.05) is 90.4 Å². The Balaban J connectivity index is -0.0000000195. The minimum absolute atomic E-state index is 0. The molecule has 0 heterocycles. The smallest absolute Gasteiger partial charge is 0.106 e. The van der Waals surface area contributed by atoms with Gasteiger partial charge in [-0.15, -0.1) is 0 Å². The molecular weight excluding hydrogens is 978 g/mol. The molecule has 0 spiro atoms. The molecule has 0 rings (SSSR count). The molecule has 0 aliphatic rings. The predicted molar refractivity (Wildman–Crippen MR) is 118 cm³/mol. The van der Waals surface area contributed by atoms with Gasteiger partial charge in [0.1, 0.15) is 40.7 Å². The van der Waals surface area contributed by atoms with Crippen molar-refractivity contribution in [3.63, 3.8) is 0 Å². The zero-order chi connectivity index (χ0) is 23.9. The van der Waals surface area contributed by atoms with Crippen molar-refractivity contribution >= 4 is 40.7 Å². The van der Waals surface area contributed by atoms with E-state index in [1.54, 1.807) is 0 Å². The van der Waals surface area contributed by atoms with Gasteiger partial charge in [-0.2, -0.15) is 6.42 Å². The van der Waals surface area contributed by atoms with E-state index < -0.39 is 0 Å². The number of rotatable bonds is 13. The number of carbonyl (C=O) groups is 6. The summed E-state index contributed by atoms with van der Waals surface area (Å²) in [4.78, 5) is 48.0. The Hall–Kier alpha value is 1.76. The number of hydrogen-bond donors (Lipinski definition) is 0. The number of carbonyl (C=O) groups excluding carboxylic acids is 6. The average molecular weight is 1020 g/mol. The maximum Gasteiger partial charge on any atom is 0.106 e. The van der Waals surface area contributed by atoms with Gasteiger partial charge in [0.25, 0.3) is 0 Å². The third kappa shape index (κ3) is 166. The molecule has 0 aromatic carbocycles. The standard InChI is InChI=1S/C16H33.6CH2O.6Rh/c1-3-5-7-9-11-13-15-16-14-12-10-8-6-4-2;6*1-2;;;;;;/h1,3-16H2,2H3;6*1H2;;;;;;/q-1;;;;;;;;;;;;. The van der Waals surface area contributed by atoms with Gasteiger partial charge in [0.2, 0.25) is 0 Å². The summed E-state index contributed by atoms with van der Waals surface area (Å²) in [5.41, 5.74) is 0. The number of hydrogen-bond acceptors (Lipinski definition) is 6. The Morgan fingerprint density at radius 1 is 0.353 bits per heavy atom. The Kier molecular flexibility index (Phi) is 391. The van der Waals surface area contributed by atoms with E-state index in [1.165, 1.54) is 83.5 Å². The topological polar surface area (TPSA) is 102 Å². The van der Waals surface area contributed by atoms with Gasteiger partial charge in [-0.3, -0.25) is 0 Å². The zero-order valence-corrected chi connectivity index (χ0v) is 30.1. The first kappa shape index (κ1) is 83.4. The van der Waals surface area contributed by atoms with Gasteiger partial charge >= 0.3 is 0 Å². The van der Waals surface area contributed by atoms with Crippen molar-refractivity contribution in [1.82, 2.24) is 0 Å². The molecule has 0 fully saturated rings. The van der Waals surface area contributed by atoms with Crippen molar-refractivity contribution in [2.45, 2.75) is 96.8 Å². The molecule has 0 aliphatic carbocycles. The summed E-state index contributed by atoms with van der Waals surface area (Å²) in [5, 5.41) is 0. The molecule has 0 saturated carbocycles. The van der Waals surface area contributed by atoms with Crippen molar-refractivity contribution < 1.29 is 146 Å². The van der Waals surface area contributed by atoms with Crippen molar-refractivity contribution in [3.8, 4) is 0 Å². The van der Waals surface area contributed by atoms with Crippen LogP contribution in [-0.4, -0.2) is 40.7 Å². The SMILES string of the molecule is C=O.C=O.C=O.C=O.C=O.C=O.[CH2-]CCCCCCCCCCCCCCC.[Rh].[Rh].[Rh].[Rh].[Rh].[Rh]. The molecule has 224 valence electrons. The van der Waals surface area contributed by atoms with Crippen LogP contribution in [0.25, 0.3) is 0 Å². The van der Waals surface area contributed by atoms with Crippen LogP contribution in [0.3, 0.4) is 0 Å². The van der Waals surface area contributed by atoms with E-state index in [4.69, 9.17) is 28.8 Å². The van der Waals surface area contributed by atoms with Crippen LogP contribution in [0, 0.1) is 6.92 Å². The molecule has 0 amide bonds. The van der Waals surface area contributed by atoms with Crippen LogP contribution in [0.15, 0.2) is 0 Å². The zero-order valence-electron chi connectivity index (χ0n) is 20.3. The van der Waals surface area contributed by atoms with E-state index in [-0.39, 0.29) is 117 Å². The Morgan fingerprint density at radius 2 is 0.500 bits per heavy atom. The molecule has 0 saturated heterocycles. The average Bonchev–Trinajstić information content (AvgIpc) is 2.82. The molecule has 0 atom stereocenters.